The number of sulfonamides is 1. The van der Waals surface area contributed by atoms with E-state index in [1.807, 2.05) is 0 Å². The van der Waals surface area contributed by atoms with E-state index >= 15 is 0 Å². The molecule has 11 heteroatoms. The van der Waals surface area contributed by atoms with Crippen molar-refractivity contribution >= 4 is 10.0 Å². The summed E-state index contributed by atoms with van der Waals surface area (Å²) in [6, 6.07) is 3.02. The molecule has 0 radical (unpaired) electrons. The average Bonchev–Trinajstić information content (AvgIpc) is 2.82. The Morgan fingerprint density at radius 3 is 2.50 bits per heavy atom. The van der Waals surface area contributed by atoms with Gasteiger partial charge in [-0.3, -0.25) is 0 Å². The maximum absolute atomic E-state index is 12.7. The second-order valence-corrected chi connectivity index (χ2v) is 5.67. The van der Waals surface area contributed by atoms with E-state index in [1.165, 1.54) is 6.07 Å². The predicted octanol–water partition coefficient (Wildman–Crippen LogP) is 1.33. The molecule has 0 aliphatic heterocycles. The zero-order chi connectivity index (χ0) is 16.5. The van der Waals surface area contributed by atoms with Gasteiger partial charge in [-0.2, -0.15) is 23.0 Å². The molecule has 0 amide bonds. The molecule has 2 aromatic rings. The smallest absolute Gasteiger partial charge is 0.435 e. The Morgan fingerprint density at radius 2 is 2.05 bits per heavy atom. The fourth-order valence-corrected chi connectivity index (χ4v) is 2.04. The number of alkyl halides is 3. The van der Waals surface area contributed by atoms with E-state index in [1.54, 1.807) is 6.92 Å². The maximum Gasteiger partial charge on any atom is 0.435 e. The van der Waals surface area contributed by atoms with Crippen LogP contribution < -0.4 is 9.88 Å². The quantitative estimate of drug-likeness (QED) is 0.908. The second kappa shape index (κ2) is 5.57. The van der Waals surface area contributed by atoms with E-state index in [0.29, 0.717) is 0 Å². The summed E-state index contributed by atoms with van der Waals surface area (Å²) in [6.45, 7) is 1.72. The summed E-state index contributed by atoms with van der Waals surface area (Å²) in [6.07, 6.45) is -3.72. The summed E-state index contributed by atoms with van der Waals surface area (Å²) in [7, 11) is -3.94. The van der Waals surface area contributed by atoms with E-state index in [2.05, 4.69) is 10.1 Å². The van der Waals surface area contributed by atoms with Crippen molar-refractivity contribution < 1.29 is 26.3 Å². The molecule has 2 aromatic heterocycles. The molecule has 0 spiro atoms. The van der Waals surface area contributed by atoms with Crippen LogP contribution in [0.1, 0.15) is 12.6 Å². The molecule has 22 heavy (non-hydrogen) atoms. The SMILES string of the molecule is CCOc1cc(C(F)(F)F)nn1-c1ccc(S(N)(=O)=O)cn1. The largest absolute Gasteiger partial charge is 0.478 e. The first-order chi connectivity index (χ1) is 10.1. The highest BCUT2D eigenvalue weighted by Gasteiger charge is 2.35. The van der Waals surface area contributed by atoms with E-state index in [4.69, 9.17) is 9.88 Å². The van der Waals surface area contributed by atoms with Crippen LogP contribution in [-0.2, 0) is 16.2 Å². The number of ether oxygens (including phenoxy) is 1. The first-order valence-corrected chi connectivity index (χ1v) is 7.47. The molecule has 0 fully saturated rings. The maximum atomic E-state index is 12.7. The molecule has 0 saturated carbocycles. The summed E-state index contributed by atoms with van der Waals surface area (Å²) in [5.74, 6) is -0.197. The molecule has 2 heterocycles. The fourth-order valence-electron chi connectivity index (χ4n) is 1.58. The van der Waals surface area contributed by atoms with Gasteiger partial charge in [0.15, 0.2) is 11.5 Å². The first-order valence-electron chi connectivity index (χ1n) is 5.92. The van der Waals surface area contributed by atoms with Crippen LogP contribution in [-0.4, -0.2) is 29.8 Å². The van der Waals surface area contributed by atoms with Crippen LogP contribution in [0.4, 0.5) is 13.2 Å². The molecule has 0 bridgehead atoms. The van der Waals surface area contributed by atoms with Crippen molar-refractivity contribution in [1.29, 1.82) is 0 Å². The van der Waals surface area contributed by atoms with Crippen molar-refractivity contribution in [2.45, 2.75) is 18.0 Å². The lowest BCUT2D eigenvalue weighted by molar-refractivity contribution is -0.141. The van der Waals surface area contributed by atoms with Crippen LogP contribution in [0, 0.1) is 0 Å². The van der Waals surface area contributed by atoms with Crippen molar-refractivity contribution in [2.24, 2.45) is 5.14 Å². The van der Waals surface area contributed by atoms with Crippen LogP contribution >= 0.6 is 0 Å². The number of pyridine rings is 1. The minimum Gasteiger partial charge on any atom is -0.478 e. The van der Waals surface area contributed by atoms with Crippen LogP contribution in [0.3, 0.4) is 0 Å². The molecular formula is C11H11F3N4O3S. The van der Waals surface area contributed by atoms with Crippen LogP contribution in [0.5, 0.6) is 5.88 Å². The number of nitrogens with zero attached hydrogens (tertiary/aromatic N) is 3. The fraction of sp³-hybridized carbons (Fsp3) is 0.273. The van der Waals surface area contributed by atoms with E-state index in [9.17, 15) is 21.6 Å². The van der Waals surface area contributed by atoms with Crippen molar-refractivity contribution in [3.05, 3.63) is 30.1 Å². The third-order valence-corrected chi connectivity index (χ3v) is 3.42. The van der Waals surface area contributed by atoms with Gasteiger partial charge in [-0.15, -0.1) is 0 Å². The van der Waals surface area contributed by atoms with Gasteiger partial charge in [0.2, 0.25) is 15.9 Å². The Bertz CT molecular complexity index is 769. The second-order valence-electron chi connectivity index (χ2n) is 4.11. The molecule has 0 aliphatic carbocycles. The molecule has 120 valence electrons. The highest BCUT2D eigenvalue weighted by Crippen LogP contribution is 2.31. The Morgan fingerprint density at radius 1 is 1.36 bits per heavy atom. The molecule has 0 aliphatic rings. The van der Waals surface area contributed by atoms with Gasteiger partial charge in [-0.05, 0) is 19.1 Å². The van der Waals surface area contributed by atoms with Crippen LogP contribution in [0.15, 0.2) is 29.3 Å². The number of nitrogens with two attached hydrogens (primary N) is 1. The predicted molar refractivity (Wildman–Crippen MR) is 68.9 cm³/mol. The minimum atomic E-state index is -4.64. The van der Waals surface area contributed by atoms with Crippen molar-refractivity contribution in [1.82, 2.24) is 14.8 Å². The van der Waals surface area contributed by atoms with Gasteiger partial charge in [0.1, 0.15) is 4.90 Å². The normalized spacial score (nSPS) is 12.4. The zero-order valence-electron chi connectivity index (χ0n) is 11.2. The molecule has 0 atom stereocenters. The average molecular weight is 336 g/mol. The summed E-state index contributed by atoms with van der Waals surface area (Å²) >= 11 is 0. The number of hydrogen-bond acceptors (Lipinski definition) is 5. The van der Waals surface area contributed by atoms with Crippen molar-refractivity contribution in [3.63, 3.8) is 0 Å². The third-order valence-electron chi connectivity index (χ3n) is 2.53. The highest BCUT2D eigenvalue weighted by molar-refractivity contribution is 7.89. The number of hydrogen-bond donors (Lipinski definition) is 1. The Balaban J connectivity index is 2.49. The van der Waals surface area contributed by atoms with Gasteiger partial charge < -0.3 is 4.74 Å². The first kappa shape index (κ1) is 16.2. The van der Waals surface area contributed by atoms with Gasteiger partial charge in [-0.25, -0.2) is 18.5 Å². The lowest BCUT2D eigenvalue weighted by Gasteiger charge is -2.07. The number of halogens is 3. The molecule has 0 aromatic carbocycles. The Hall–Kier alpha value is -2.14. The molecule has 0 unspecified atom stereocenters. The highest BCUT2D eigenvalue weighted by atomic mass is 32.2. The summed E-state index contributed by atoms with van der Waals surface area (Å²) in [4.78, 5) is 3.48. The van der Waals surface area contributed by atoms with E-state index < -0.39 is 21.9 Å². The van der Waals surface area contributed by atoms with Crippen molar-refractivity contribution in [3.8, 4) is 11.7 Å². The Kier molecular flexibility index (Phi) is 4.11. The van der Waals surface area contributed by atoms with Gasteiger partial charge in [0.25, 0.3) is 0 Å². The molecule has 2 N–H and O–H groups in total. The van der Waals surface area contributed by atoms with Gasteiger partial charge in [-0.1, -0.05) is 0 Å². The molecule has 2 rings (SSSR count). The van der Waals surface area contributed by atoms with E-state index in [-0.39, 0.29) is 23.2 Å². The van der Waals surface area contributed by atoms with Crippen molar-refractivity contribution in [2.75, 3.05) is 6.61 Å². The summed E-state index contributed by atoms with van der Waals surface area (Å²) < 4.78 is 66.3. The van der Waals surface area contributed by atoms with Gasteiger partial charge in [0.05, 0.1) is 6.61 Å². The third kappa shape index (κ3) is 3.36. The summed E-state index contributed by atoms with van der Waals surface area (Å²) in [5, 5.41) is 8.31. The number of primary sulfonamides is 1. The zero-order valence-corrected chi connectivity index (χ0v) is 12.0. The number of aromatic nitrogens is 3. The molecule has 7 nitrogen and oxygen atoms in total. The lowest BCUT2D eigenvalue weighted by Crippen LogP contribution is -2.13. The number of rotatable bonds is 4. The standard InChI is InChI=1S/C11H11F3N4O3S/c1-2-21-10-5-8(11(12,13)14)17-18(10)9-4-3-7(6-16-9)22(15,19)20/h3-6H,2H2,1H3,(H2,15,19,20). The topological polar surface area (TPSA) is 100 Å². The van der Waals surface area contributed by atoms with Gasteiger partial charge in [0, 0.05) is 12.3 Å². The minimum absolute atomic E-state index is 0.0358. The van der Waals surface area contributed by atoms with E-state index in [0.717, 1.165) is 23.0 Å². The summed E-state index contributed by atoms with van der Waals surface area (Å²) in [5.41, 5.74) is -1.15. The van der Waals surface area contributed by atoms with Crippen LogP contribution in [0.2, 0.25) is 0 Å². The monoisotopic (exact) mass is 336 g/mol. The van der Waals surface area contributed by atoms with Gasteiger partial charge >= 0.3 is 6.18 Å². The van der Waals surface area contributed by atoms with Crippen LogP contribution in [0.25, 0.3) is 5.82 Å². The molecular weight excluding hydrogens is 325 g/mol. The Labute approximate surface area is 123 Å². The lowest BCUT2D eigenvalue weighted by atomic mass is 10.4. The molecule has 0 saturated heterocycles.